The summed E-state index contributed by atoms with van der Waals surface area (Å²) in [6.07, 6.45) is 5.31. The molecule has 0 saturated heterocycles. The Morgan fingerprint density at radius 1 is 1.06 bits per heavy atom. The van der Waals surface area contributed by atoms with Crippen LogP contribution in [0, 0.1) is 0 Å². The summed E-state index contributed by atoms with van der Waals surface area (Å²) >= 11 is 1.29. The van der Waals surface area contributed by atoms with Gasteiger partial charge in [-0.25, -0.2) is 4.98 Å². The average molecular weight is 466 g/mol. The highest BCUT2D eigenvalue weighted by atomic mass is 32.2. The molecule has 33 heavy (non-hydrogen) atoms. The molecular formula is C25H27N3O4S. The van der Waals surface area contributed by atoms with Crippen LogP contribution in [-0.4, -0.2) is 40.0 Å². The zero-order valence-electron chi connectivity index (χ0n) is 18.4. The molecule has 0 radical (unpaired) electrons. The Morgan fingerprint density at radius 2 is 1.82 bits per heavy atom. The van der Waals surface area contributed by atoms with Gasteiger partial charge in [-0.15, -0.1) is 0 Å². The summed E-state index contributed by atoms with van der Waals surface area (Å²) in [4.78, 5) is 30.6. The zero-order valence-corrected chi connectivity index (χ0v) is 19.2. The van der Waals surface area contributed by atoms with Crippen LogP contribution < -0.4 is 20.3 Å². The second-order valence-electron chi connectivity index (χ2n) is 8.52. The number of aromatic nitrogens is 2. The maximum Gasteiger partial charge on any atom is 0.262 e. The molecule has 1 aliphatic carbocycles. The van der Waals surface area contributed by atoms with E-state index in [0.717, 1.165) is 25.7 Å². The first-order chi connectivity index (χ1) is 16.2. The largest absolute Gasteiger partial charge is 0.486 e. The van der Waals surface area contributed by atoms with E-state index in [9.17, 15) is 9.59 Å². The van der Waals surface area contributed by atoms with Gasteiger partial charge in [0.2, 0.25) is 5.91 Å². The zero-order chi connectivity index (χ0) is 22.6. The van der Waals surface area contributed by atoms with Gasteiger partial charge in [0.05, 0.1) is 23.2 Å². The van der Waals surface area contributed by atoms with Crippen LogP contribution in [0.2, 0.25) is 0 Å². The fourth-order valence-electron chi connectivity index (χ4n) is 4.42. The highest BCUT2D eigenvalue weighted by Gasteiger charge is 2.24. The summed E-state index contributed by atoms with van der Waals surface area (Å²) in [5, 5.41) is 4.19. The summed E-state index contributed by atoms with van der Waals surface area (Å²) in [7, 11) is 0. The first-order valence-electron chi connectivity index (χ1n) is 11.5. The second-order valence-corrected chi connectivity index (χ2v) is 9.46. The van der Waals surface area contributed by atoms with Gasteiger partial charge in [-0.05, 0) is 37.1 Å². The van der Waals surface area contributed by atoms with Crippen molar-refractivity contribution in [3.63, 3.8) is 0 Å². The lowest BCUT2D eigenvalue weighted by Gasteiger charge is -2.27. The molecule has 2 aliphatic rings. The lowest BCUT2D eigenvalue weighted by atomic mass is 9.95. The van der Waals surface area contributed by atoms with Crippen LogP contribution in [0.3, 0.4) is 0 Å². The Bertz CT molecular complexity index is 1210. The lowest BCUT2D eigenvalue weighted by molar-refractivity contribution is -0.119. The van der Waals surface area contributed by atoms with Crippen LogP contribution in [0.15, 0.2) is 58.5 Å². The highest BCUT2D eigenvalue weighted by molar-refractivity contribution is 7.99. The molecule has 172 valence electrons. The molecule has 8 heteroatoms. The van der Waals surface area contributed by atoms with E-state index in [2.05, 4.69) is 5.32 Å². The highest BCUT2D eigenvalue weighted by Crippen LogP contribution is 2.31. The first kappa shape index (κ1) is 21.8. The van der Waals surface area contributed by atoms with E-state index in [1.54, 1.807) is 10.6 Å². The van der Waals surface area contributed by atoms with Gasteiger partial charge in [0.15, 0.2) is 22.8 Å². The van der Waals surface area contributed by atoms with Gasteiger partial charge >= 0.3 is 0 Å². The van der Waals surface area contributed by atoms with Gasteiger partial charge in [0.25, 0.3) is 5.56 Å². The third kappa shape index (κ3) is 5.00. The number of hydrogen-bond acceptors (Lipinski definition) is 6. The minimum atomic E-state index is -0.337. The molecule has 7 nitrogen and oxygen atoms in total. The van der Waals surface area contributed by atoms with Crippen molar-refractivity contribution in [2.24, 2.45) is 0 Å². The smallest absolute Gasteiger partial charge is 0.262 e. The molecule has 0 bridgehead atoms. The number of ether oxygens (including phenoxy) is 2. The Kier molecular flexibility index (Phi) is 6.53. The Balaban J connectivity index is 1.36. The quantitative estimate of drug-likeness (QED) is 0.441. The van der Waals surface area contributed by atoms with Gasteiger partial charge in [0, 0.05) is 6.04 Å². The standard InChI is InChI=1S/C25H27N3O4S/c29-23(26-17-8-2-1-3-9-17)16-33-25-27-20-11-5-4-10-19(20)24(30)28(25)14-18-15-31-21-12-6-7-13-22(21)32-18/h4-7,10-13,17-18H,1-3,8-9,14-16H2,(H,26,29). The Labute approximate surface area is 196 Å². The summed E-state index contributed by atoms with van der Waals surface area (Å²) in [6.45, 7) is 0.625. The molecule has 1 unspecified atom stereocenters. The maximum atomic E-state index is 13.3. The second kappa shape index (κ2) is 9.87. The van der Waals surface area contributed by atoms with Crippen molar-refractivity contribution in [1.29, 1.82) is 0 Å². The molecule has 5 rings (SSSR count). The minimum Gasteiger partial charge on any atom is -0.486 e. The number of benzene rings is 2. The lowest BCUT2D eigenvalue weighted by Crippen LogP contribution is -2.38. The Morgan fingerprint density at radius 3 is 2.67 bits per heavy atom. The van der Waals surface area contributed by atoms with E-state index in [4.69, 9.17) is 14.5 Å². The van der Waals surface area contributed by atoms with Crippen molar-refractivity contribution in [2.75, 3.05) is 12.4 Å². The van der Waals surface area contributed by atoms with Crippen molar-refractivity contribution in [3.05, 3.63) is 58.9 Å². The van der Waals surface area contributed by atoms with E-state index in [-0.39, 0.29) is 35.9 Å². The van der Waals surface area contributed by atoms with Gasteiger partial charge in [-0.1, -0.05) is 55.3 Å². The van der Waals surface area contributed by atoms with E-state index < -0.39 is 0 Å². The Hall–Kier alpha value is -3.00. The molecule has 1 saturated carbocycles. The number of carbonyl (C=O) groups excluding carboxylic acids is 1. The molecule has 1 amide bonds. The van der Waals surface area contributed by atoms with Gasteiger partial charge in [-0.2, -0.15) is 0 Å². The summed E-state index contributed by atoms with van der Waals surface area (Å²) in [5.74, 6) is 1.56. The number of thioether (sulfide) groups is 1. The van der Waals surface area contributed by atoms with Crippen molar-refractivity contribution >= 4 is 28.6 Å². The molecule has 1 N–H and O–H groups in total. The van der Waals surface area contributed by atoms with Crippen molar-refractivity contribution in [3.8, 4) is 11.5 Å². The van der Waals surface area contributed by atoms with Crippen molar-refractivity contribution in [1.82, 2.24) is 14.9 Å². The molecule has 2 aromatic carbocycles. The molecule has 1 aliphatic heterocycles. The molecule has 1 aromatic heterocycles. The summed E-state index contributed by atoms with van der Waals surface area (Å²) in [6, 6.07) is 15.0. The number of para-hydroxylation sites is 3. The summed E-state index contributed by atoms with van der Waals surface area (Å²) in [5.41, 5.74) is 0.485. The number of nitrogens with zero attached hydrogens (tertiary/aromatic N) is 2. The molecule has 3 aromatic rings. The molecular weight excluding hydrogens is 438 g/mol. The van der Waals surface area contributed by atoms with Gasteiger partial charge in [0.1, 0.15) is 6.61 Å². The number of hydrogen-bond donors (Lipinski definition) is 1. The monoisotopic (exact) mass is 465 g/mol. The SMILES string of the molecule is O=C(CSc1nc2ccccc2c(=O)n1CC1COc2ccccc2O1)NC1CCCCC1. The molecule has 1 fully saturated rings. The van der Waals surface area contributed by atoms with E-state index in [0.29, 0.717) is 34.2 Å². The minimum absolute atomic E-state index is 0.0213. The number of nitrogens with one attached hydrogen (secondary N) is 1. The number of amides is 1. The number of rotatable bonds is 6. The van der Waals surface area contributed by atoms with Crippen molar-refractivity contribution in [2.45, 2.75) is 56.0 Å². The van der Waals surface area contributed by atoms with Crippen LogP contribution in [-0.2, 0) is 11.3 Å². The van der Waals surface area contributed by atoms with Gasteiger partial charge in [-0.3, -0.25) is 14.2 Å². The van der Waals surface area contributed by atoms with Crippen LogP contribution >= 0.6 is 11.8 Å². The topological polar surface area (TPSA) is 82.5 Å². The van der Waals surface area contributed by atoms with Crippen LogP contribution in [0.25, 0.3) is 10.9 Å². The fraction of sp³-hybridized carbons (Fsp3) is 0.400. The number of carbonyl (C=O) groups is 1. The van der Waals surface area contributed by atoms with Crippen LogP contribution in [0.4, 0.5) is 0 Å². The summed E-state index contributed by atoms with van der Waals surface area (Å²) < 4.78 is 13.5. The average Bonchev–Trinajstić information content (AvgIpc) is 2.85. The normalized spacial score (nSPS) is 18.2. The molecule has 0 spiro atoms. The van der Waals surface area contributed by atoms with Gasteiger partial charge < -0.3 is 14.8 Å². The third-order valence-corrected chi connectivity index (χ3v) is 7.06. The fourth-order valence-corrected chi connectivity index (χ4v) is 5.24. The van der Waals surface area contributed by atoms with E-state index in [1.807, 2.05) is 42.5 Å². The number of fused-ring (bicyclic) bond motifs is 2. The van der Waals surface area contributed by atoms with E-state index in [1.165, 1.54) is 18.2 Å². The van der Waals surface area contributed by atoms with Crippen LogP contribution in [0.1, 0.15) is 32.1 Å². The van der Waals surface area contributed by atoms with E-state index >= 15 is 0 Å². The molecule has 2 heterocycles. The first-order valence-corrected chi connectivity index (χ1v) is 12.5. The van der Waals surface area contributed by atoms with Crippen molar-refractivity contribution < 1.29 is 14.3 Å². The predicted octanol–water partition coefficient (Wildman–Crippen LogP) is 3.78. The maximum absolute atomic E-state index is 13.3. The van der Waals surface area contributed by atoms with Crippen LogP contribution in [0.5, 0.6) is 11.5 Å². The third-order valence-electron chi connectivity index (χ3n) is 6.08. The predicted molar refractivity (Wildman–Crippen MR) is 128 cm³/mol. The molecule has 1 atom stereocenters.